The first-order valence-corrected chi connectivity index (χ1v) is 11.3. The number of hydrogen-bond acceptors (Lipinski definition) is 4. The van der Waals surface area contributed by atoms with Crippen molar-refractivity contribution in [2.24, 2.45) is 0 Å². The minimum absolute atomic E-state index is 0.114. The first-order chi connectivity index (χ1) is 12.8. The summed E-state index contributed by atoms with van der Waals surface area (Å²) in [6.07, 6.45) is 2.53. The van der Waals surface area contributed by atoms with Crippen molar-refractivity contribution in [1.82, 2.24) is 10.6 Å². The van der Waals surface area contributed by atoms with E-state index in [1.165, 1.54) is 9.75 Å². The second kappa shape index (κ2) is 10.2. The van der Waals surface area contributed by atoms with Crippen LogP contribution in [0.25, 0.3) is 0 Å². The highest BCUT2D eigenvalue weighted by molar-refractivity contribution is 7.98. The lowest BCUT2D eigenvalue weighted by Gasteiger charge is -2.21. The highest BCUT2D eigenvalue weighted by Gasteiger charge is 2.24. The Morgan fingerprint density at radius 2 is 1.93 bits per heavy atom. The molecule has 0 unspecified atom stereocenters. The average Bonchev–Trinajstić information content (AvgIpc) is 2.97. The average molecular weight is 425 g/mol. The fourth-order valence-corrected chi connectivity index (χ4v) is 4.57. The van der Waals surface area contributed by atoms with E-state index in [9.17, 15) is 9.59 Å². The molecule has 2 atom stereocenters. The van der Waals surface area contributed by atoms with Crippen molar-refractivity contribution in [3.05, 3.63) is 56.2 Å². The normalized spacial score (nSPS) is 13.1. The number of carbonyl (C=O) groups is 2. The molecule has 0 radical (unpaired) electrons. The number of amides is 2. The van der Waals surface area contributed by atoms with Crippen LogP contribution in [0.4, 0.5) is 0 Å². The van der Waals surface area contributed by atoms with Crippen molar-refractivity contribution in [2.45, 2.75) is 39.3 Å². The summed E-state index contributed by atoms with van der Waals surface area (Å²) in [5, 5.41) is 6.25. The molecule has 0 fully saturated rings. The van der Waals surface area contributed by atoms with E-state index in [0.29, 0.717) is 17.0 Å². The number of thiophene rings is 1. The smallest absolute Gasteiger partial charge is 0.253 e. The summed E-state index contributed by atoms with van der Waals surface area (Å²) in [5.41, 5.74) is 1.49. The molecule has 146 valence electrons. The zero-order valence-corrected chi connectivity index (χ0v) is 18.4. The van der Waals surface area contributed by atoms with E-state index in [2.05, 4.69) is 30.5 Å². The molecule has 1 aromatic heterocycles. The van der Waals surface area contributed by atoms with Crippen LogP contribution in [-0.2, 0) is 4.79 Å². The molecule has 2 N–H and O–H groups in total. The Hall–Kier alpha value is -1.50. The Kier molecular flexibility index (Phi) is 8.20. The number of rotatable bonds is 8. The second-order valence-corrected chi connectivity index (χ2v) is 9.24. The third-order valence-electron chi connectivity index (χ3n) is 4.26. The lowest BCUT2D eigenvalue weighted by atomic mass is 10.1. The summed E-state index contributed by atoms with van der Waals surface area (Å²) in [5.74, 6) is 0.253. The molecule has 4 nitrogen and oxygen atoms in total. The third kappa shape index (κ3) is 5.99. The maximum absolute atomic E-state index is 12.8. The second-order valence-electron chi connectivity index (χ2n) is 6.39. The monoisotopic (exact) mass is 424 g/mol. The van der Waals surface area contributed by atoms with Crippen LogP contribution in [0.1, 0.15) is 45.1 Å². The number of hydrogen-bond donors (Lipinski definition) is 2. The molecule has 1 aromatic carbocycles. The van der Waals surface area contributed by atoms with E-state index in [0.717, 1.165) is 11.3 Å². The van der Waals surface area contributed by atoms with Gasteiger partial charge in [-0.2, -0.15) is 11.8 Å². The van der Waals surface area contributed by atoms with Gasteiger partial charge in [-0.3, -0.25) is 9.59 Å². The fourth-order valence-electron chi connectivity index (χ4n) is 2.86. The van der Waals surface area contributed by atoms with Crippen LogP contribution >= 0.6 is 34.7 Å². The number of halogens is 1. The molecule has 2 rings (SSSR count). The molecule has 1 heterocycles. The number of benzene rings is 1. The SMILES string of the molecule is CSCC[C@H](NC(=O)c1ccccc1Cl)C(=O)N[C@@H](C)c1cc(C)sc1C. The summed E-state index contributed by atoms with van der Waals surface area (Å²) in [7, 11) is 0. The molecule has 0 spiro atoms. The van der Waals surface area contributed by atoms with E-state index in [1.54, 1.807) is 47.4 Å². The van der Waals surface area contributed by atoms with Gasteiger partial charge in [0.2, 0.25) is 5.91 Å². The standard InChI is InChI=1S/C20H25ClN2O2S2/c1-12-11-16(14(3)27-12)13(2)22-20(25)18(9-10-26-4)23-19(24)15-7-5-6-8-17(15)21/h5-8,11,13,18H,9-10H2,1-4H3,(H,22,25)(H,23,24)/t13-,18-/m0/s1. The largest absolute Gasteiger partial charge is 0.348 e. The van der Waals surface area contributed by atoms with Gasteiger partial charge in [0, 0.05) is 9.75 Å². The lowest BCUT2D eigenvalue weighted by Crippen LogP contribution is -2.47. The van der Waals surface area contributed by atoms with Crippen molar-refractivity contribution in [1.29, 1.82) is 0 Å². The van der Waals surface area contributed by atoms with Gasteiger partial charge in [-0.1, -0.05) is 23.7 Å². The molecule has 2 aromatic rings. The highest BCUT2D eigenvalue weighted by Crippen LogP contribution is 2.26. The maximum Gasteiger partial charge on any atom is 0.253 e. The Balaban J connectivity index is 2.10. The van der Waals surface area contributed by atoms with Crippen molar-refractivity contribution in [2.75, 3.05) is 12.0 Å². The molecule has 7 heteroatoms. The van der Waals surface area contributed by atoms with Gasteiger partial charge in [0.15, 0.2) is 0 Å². The fraction of sp³-hybridized carbons (Fsp3) is 0.400. The summed E-state index contributed by atoms with van der Waals surface area (Å²) in [4.78, 5) is 27.8. The Bertz CT molecular complexity index is 807. The van der Waals surface area contributed by atoms with Crippen LogP contribution in [0, 0.1) is 13.8 Å². The highest BCUT2D eigenvalue weighted by atomic mass is 35.5. The number of carbonyl (C=O) groups excluding carboxylic acids is 2. The van der Waals surface area contributed by atoms with Crippen molar-refractivity contribution in [3.63, 3.8) is 0 Å². The summed E-state index contributed by atoms with van der Waals surface area (Å²) in [6.45, 7) is 6.08. The van der Waals surface area contributed by atoms with Crippen molar-refractivity contribution < 1.29 is 9.59 Å². The first kappa shape index (κ1) is 21.8. The van der Waals surface area contributed by atoms with Gasteiger partial charge < -0.3 is 10.6 Å². The van der Waals surface area contributed by atoms with E-state index < -0.39 is 6.04 Å². The quantitative estimate of drug-likeness (QED) is 0.643. The third-order valence-corrected chi connectivity index (χ3v) is 6.21. The molecule has 2 amide bonds. The topological polar surface area (TPSA) is 58.2 Å². The molecule has 0 aliphatic carbocycles. The van der Waals surface area contributed by atoms with Crippen molar-refractivity contribution >= 4 is 46.5 Å². The molecular weight excluding hydrogens is 400 g/mol. The van der Waals surface area contributed by atoms with Crippen LogP contribution < -0.4 is 10.6 Å². The zero-order valence-electron chi connectivity index (χ0n) is 16.0. The van der Waals surface area contributed by atoms with Crippen LogP contribution in [-0.4, -0.2) is 29.9 Å². The number of nitrogens with one attached hydrogen (secondary N) is 2. The Morgan fingerprint density at radius 3 is 2.52 bits per heavy atom. The predicted molar refractivity (Wildman–Crippen MR) is 116 cm³/mol. The van der Waals surface area contributed by atoms with Gasteiger partial charge in [-0.25, -0.2) is 0 Å². The number of aryl methyl sites for hydroxylation is 2. The lowest BCUT2D eigenvalue weighted by molar-refractivity contribution is -0.123. The van der Waals surface area contributed by atoms with Gasteiger partial charge in [-0.15, -0.1) is 11.3 Å². The maximum atomic E-state index is 12.8. The van der Waals surface area contributed by atoms with Gasteiger partial charge >= 0.3 is 0 Å². The minimum atomic E-state index is -0.608. The van der Waals surface area contributed by atoms with Crippen LogP contribution in [0.2, 0.25) is 5.02 Å². The summed E-state index contributed by atoms with van der Waals surface area (Å²) < 4.78 is 0. The minimum Gasteiger partial charge on any atom is -0.348 e. The van der Waals surface area contributed by atoms with Crippen LogP contribution in [0.3, 0.4) is 0 Å². The molecule has 0 bridgehead atoms. The van der Waals surface area contributed by atoms with E-state index in [1.807, 2.05) is 13.2 Å². The number of thioether (sulfide) groups is 1. The Morgan fingerprint density at radius 1 is 1.22 bits per heavy atom. The zero-order chi connectivity index (χ0) is 20.0. The van der Waals surface area contributed by atoms with E-state index in [-0.39, 0.29) is 17.9 Å². The predicted octanol–water partition coefficient (Wildman–Crippen LogP) is 4.75. The molecule has 0 saturated heterocycles. The molecular formula is C20H25ClN2O2S2. The van der Waals surface area contributed by atoms with Gasteiger partial charge in [0.1, 0.15) is 6.04 Å². The van der Waals surface area contributed by atoms with Crippen molar-refractivity contribution in [3.8, 4) is 0 Å². The van der Waals surface area contributed by atoms with Gasteiger partial charge in [0.25, 0.3) is 5.91 Å². The van der Waals surface area contributed by atoms with E-state index >= 15 is 0 Å². The summed E-state index contributed by atoms with van der Waals surface area (Å²) >= 11 is 9.46. The molecule has 0 aliphatic heterocycles. The molecule has 0 saturated carbocycles. The van der Waals surface area contributed by atoms with Crippen LogP contribution in [0.15, 0.2) is 30.3 Å². The molecule has 27 heavy (non-hydrogen) atoms. The van der Waals surface area contributed by atoms with Gasteiger partial charge in [-0.05, 0) is 63.0 Å². The summed E-state index contributed by atoms with van der Waals surface area (Å²) in [6, 6.07) is 8.22. The Labute approximate surface area is 174 Å². The van der Waals surface area contributed by atoms with E-state index in [4.69, 9.17) is 11.6 Å². The first-order valence-electron chi connectivity index (χ1n) is 8.75. The van der Waals surface area contributed by atoms with Gasteiger partial charge in [0.05, 0.1) is 16.6 Å². The molecule has 0 aliphatic rings. The van der Waals surface area contributed by atoms with Crippen LogP contribution in [0.5, 0.6) is 0 Å².